The van der Waals surface area contributed by atoms with Crippen LogP contribution in [-0.4, -0.2) is 55.6 Å². The minimum atomic E-state index is 0.731. The van der Waals surface area contributed by atoms with Gasteiger partial charge in [-0.1, -0.05) is 25.1 Å². The summed E-state index contributed by atoms with van der Waals surface area (Å²) in [5.41, 5.74) is 2.84. The molecule has 3 heteroatoms. The summed E-state index contributed by atoms with van der Waals surface area (Å²) in [5, 5.41) is 3.62. The van der Waals surface area contributed by atoms with Gasteiger partial charge >= 0.3 is 0 Å². The van der Waals surface area contributed by atoms with Gasteiger partial charge in [-0.3, -0.25) is 4.90 Å². The summed E-state index contributed by atoms with van der Waals surface area (Å²) < 4.78 is 0. The van der Waals surface area contributed by atoms with Gasteiger partial charge in [0.2, 0.25) is 0 Å². The monoisotopic (exact) mass is 287 g/mol. The van der Waals surface area contributed by atoms with Crippen LogP contribution in [0.25, 0.3) is 0 Å². The lowest BCUT2D eigenvalue weighted by Gasteiger charge is -2.35. The molecule has 0 bridgehead atoms. The molecule has 0 aliphatic carbocycles. The van der Waals surface area contributed by atoms with Crippen LogP contribution in [0, 0.1) is 5.92 Å². The largest absolute Gasteiger partial charge is 0.384 e. The van der Waals surface area contributed by atoms with Gasteiger partial charge in [-0.05, 0) is 56.9 Å². The van der Waals surface area contributed by atoms with Crippen LogP contribution < -0.4 is 5.32 Å². The van der Waals surface area contributed by atoms with E-state index in [4.69, 9.17) is 0 Å². The fraction of sp³-hybridized carbons (Fsp3) is 0.667. The van der Waals surface area contributed by atoms with Crippen LogP contribution in [0.4, 0.5) is 5.69 Å². The van der Waals surface area contributed by atoms with E-state index in [1.165, 1.54) is 56.7 Å². The Labute approximate surface area is 129 Å². The van der Waals surface area contributed by atoms with E-state index in [0.29, 0.717) is 0 Å². The van der Waals surface area contributed by atoms with Gasteiger partial charge in [-0.2, -0.15) is 0 Å². The Bertz CT molecular complexity index is 460. The fourth-order valence-electron chi connectivity index (χ4n) is 3.89. The number of benzene rings is 1. The van der Waals surface area contributed by atoms with E-state index in [1.807, 2.05) is 0 Å². The molecule has 116 valence electrons. The molecule has 1 N–H and O–H groups in total. The summed E-state index contributed by atoms with van der Waals surface area (Å²) in [6.07, 6.45) is 3.80. The van der Waals surface area contributed by atoms with E-state index in [9.17, 15) is 0 Å². The quantitative estimate of drug-likeness (QED) is 0.922. The zero-order valence-electron chi connectivity index (χ0n) is 13.5. The third-order valence-electron chi connectivity index (χ3n) is 5.10. The first-order chi connectivity index (χ1) is 10.3. The smallest absolute Gasteiger partial charge is 0.0372 e. The van der Waals surface area contributed by atoms with Gasteiger partial charge in [0.05, 0.1) is 0 Å². The third kappa shape index (κ3) is 3.58. The Morgan fingerprint density at radius 3 is 2.95 bits per heavy atom. The van der Waals surface area contributed by atoms with Crippen molar-refractivity contribution in [2.75, 3.05) is 45.1 Å². The summed E-state index contributed by atoms with van der Waals surface area (Å²) in [4.78, 5) is 5.26. The zero-order valence-corrected chi connectivity index (χ0v) is 13.5. The molecule has 1 fully saturated rings. The first kappa shape index (κ1) is 14.9. The molecular weight excluding hydrogens is 258 g/mol. The van der Waals surface area contributed by atoms with E-state index < -0.39 is 0 Å². The van der Waals surface area contributed by atoms with E-state index in [0.717, 1.165) is 18.5 Å². The Hall–Kier alpha value is -1.06. The van der Waals surface area contributed by atoms with Crippen molar-refractivity contribution in [3.63, 3.8) is 0 Å². The minimum Gasteiger partial charge on any atom is -0.384 e. The predicted molar refractivity (Wildman–Crippen MR) is 89.9 cm³/mol. The highest BCUT2D eigenvalue weighted by atomic mass is 15.2. The van der Waals surface area contributed by atoms with Crippen LogP contribution in [0.5, 0.6) is 0 Å². The van der Waals surface area contributed by atoms with Gasteiger partial charge in [0.1, 0.15) is 0 Å². The van der Waals surface area contributed by atoms with Crippen LogP contribution in [0.2, 0.25) is 0 Å². The molecular formula is C18H29N3. The van der Waals surface area contributed by atoms with Crippen molar-refractivity contribution < 1.29 is 0 Å². The van der Waals surface area contributed by atoms with Crippen LogP contribution in [-0.2, 0) is 6.42 Å². The van der Waals surface area contributed by atoms with Crippen molar-refractivity contribution in [2.24, 2.45) is 5.92 Å². The molecule has 3 rings (SSSR count). The first-order valence-corrected chi connectivity index (χ1v) is 8.50. The maximum Gasteiger partial charge on any atom is 0.0372 e. The van der Waals surface area contributed by atoms with Gasteiger partial charge in [0, 0.05) is 31.4 Å². The van der Waals surface area contributed by atoms with Crippen molar-refractivity contribution in [3.05, 3.63) is 29.8 Å². The molecule has 1 aromatic rings. The molecule has 0 aromatic heterocycles. The molecule has 0 saturated carbocycles. The number of para-hydroxylation sites is 1. The van der Waals surface area contributed by atoms with Gasteiger partial charge in [0.25, 0.3) is 0 Å². The van der Waals surface area contributed by atoms with Gasteiger partial charge < -0.3 is 10.2 Å². The summed E-state index contributed by atoms with van der Waals surface area (Å²) in [5.74, 6) is 0.748. The molecule has 1 saturated heterocycles. The SMILES string of the molecule is CCC1CN(C)CCCN1CC1CNc2ccccc2C1. The van der Waals surface area contributed by atoms with Gasteiger partial charge in [0.15, 0.2) is 0 Å². The molecule has 2 aliphatic heterocycles. The van der Waals surface area contributed by atoms with E-state index in [-0.39, 0.29) is 0 Å². The highest BCUT2D eigenvalue weighted by molar-refractivity contribution is 5.53. The number of anilines is 1. The molecule has 1 aromatic carbocycles. The summed E-state index contributed by atoms with van der Waals surface area (Å²) >= 11 is 0. The molecule has 0 radical (unpaired) electrons. The Morgan fingerprint density at radius 1 is 1.24 bits per heavy atom. The molecule has 2 heterocycles. The first-order valence-electron chi connectivity index (χ1n) is 8.50. The molecule has 2 atom stereocenters. The maximum atomic E-state index is 3.62. The number of likely N-dealkylation sites (N-methyl/N-ethyl adjacent to an activating group) is 1. The van der Waals surface area contributed by atoms with Crippen molar-refractivity contribution >= 4 is 5.69 Å². The summed E-state index contributed by atoms with van der Waals surface area (Å²) in [7, 11) is 2.27. The summed E-state index contributed by atoms with van der Waals surface area (Å²) in [6.45, 7) is 8.45. The molecule has 2 unspecified atom stereocenters. The van der Waals surface area contributed by atoms with Gasteiger partial charge in [-0.25, -0.2) is 0 Å². The predicted octanol–water partition coefficient (Wildman–Crippen LogP) is 2.69. The number of hydrogen-bond donors (Lipinski definition) is 1. The Balaban J connectivity index is 1.63. The molecule has 2 aliphatic rings. The number of nitrogens with zero attached hydrogens (tertiary/aromatic N) is 2. The third-order valence-corrected chi connectivity index (χ3v) is 5.10. The van der Waals surface area contributed by atoms with Crippen molar-refractivity contribution in [3.8, 4) is 0 Å². The number of rotatable bonds is 3. The Morgan fingerprint density at radius 2 is 2.10 bits per heavy atom. The van der Waals surface area contributed by atoms with Crippen molar-refractivity contribution in [2.45, 2.75) is 32.2 Å². The van der Waals surface area contributed by atoms with Crippen molar-refractivity contribution in [1.29, 1.82) is 0 Å². The number of hydrogen-bond acceptors (Lipinski definition) is 3. The minimum absolute atomic E-state index is 0.731. The standard InChI is InChI=1S/C18H29N3/c1-3-17-14-20(2)9-6-10-21(17)13-15-11-16-7-4-5-8-18(16)19-12-15/h4-5,7-8,15,17,19H,3,6,9-14H2,1-2H3. The number of fused-ring (bicyclic) bond motifs is 1. The maximum absolute atomic E-state index is 3.62. The van der Waals surface area contributed by atoms with Crippen LogP contribution >= 0.6 is 0 Å². The molecule has 21 heavy (non-hydrogen) atoms. The highest BCUT2D eigenvalue weighted by Crippen LogP contribution is 2.25. The second-order valence-electron chi connectivity index (χ2n) is 6.78. The van der Waals surface area contributed by atoms with Crippen LogP contribution in [0.15, 0.2) is 24.3 Å². The second kappa shape index (κ2) is 6.80. The fourth-order valence-corrected chi connectivity index (χ4v) is 3.89. The van der Waals surface area contributed by atoms with E-state index in [1.54, 1.807) is 0 Å². The average Bonchev–Trinajstić information content (AvgIpc) is 2.68. The highest BCUT2D eigenvalue weighted by Gasteiger charge is 2.26. The summed E-state index contributed by atoms with van der Waals surface area (Å²) in [6, 6.07) is 9.51. The van der Waals surface area contributed by atoms with Crippen LogP contribution in [0.3, 0.4) is 0 Å². The van der Waals surface area contributed by atoms with Crippen LogP contribution in [0.1, 0.15) is 25.3 Å². The molecule has 3 nitrogen and oxygen atoms in total. The molecule has 0 amide bonds. The molecule has 0 spiro atoms. The topological polar surface area (TPSA) is 18.5 Å². The van der Waals surface area contributed by atoms with E-state index >= 15 is 0 Å². The lowest BCUT2D eigenvalue weighted by atomic mass is 9.93. The van der Waals surface area contributed by atoms with Gasteiger partial charge in [-0.15, -0.1) is 0 Å². The lowest BCUT2D eigenvalue weighted by Crippen LogP contribution is -2.44. The normalized spacial score (nSPS) is 27.7. The van der Waals surface area contributed by atoms with Crippen molar-refractivity contribution in [1.82, 2.24) is 9.80 Å². The zero-order chi connectivity index (χ0) is 14.7. The average molecular weight is 287 g/mol. The number of nitrogens with one attached hydrogen (secondary N) is 1. The second-order valence-corrected chi connectivity index (χ2v) is 6.78. The lowest BCUT2D eigenvalue weighted by molar-refractivity contribution is 0.159. The van der Waals surface area contributed by atoms with E-state index in [2.05, 4.69) is 53.4 Å². The Kier molecular flexibility index (Phi) is 4.81.